The number of morpholine rings is 1. The Morgan fingerprint density at radius 3 is 2.63 bits per heavy atom. The van der Waals surface area contributed by atoms with Crippen molar-refractivity contribution < 1.29 is 9.53 Å². The van der Waals surface area contributed by atoms with Crippen LogP contribution in [0.5, 0.6) is 0 Å². The summed E-state index contributed by atoms with van der Waals surface area (Å²) in [6.07, 6.45) is 0.783. The second kappa shape index (κ2) is 11.8. The molecule has 1 fully saturated rings. The molecule has 0 aliphatic carbocycles. The van der Waals surface area contributed by atoms with Crippen molar-refractivity contribution >= 4 is 23.5 Å². The summed E-state index contributed by atoms with van der Waals surface area (Å²) in [5.41, 5.74) is 1.09. The summed E-state index contributed by atoms with van der Waals surface area (Å²) >= 11 is 6.21. The summed E-state index contributed by atoms with van der Waals surface area (Å²) in [6.45, 7) is 5.95. The van der Waals surface area contributed by atoms with Crippen LogP contribution in [0.1, 0.15) is 5.56 Å². The third kappa shape index (κ3) is 8.15. The van der Waals surface area contributed by atoms with Crippen LogP contribution in [0, 0.1) is 0 Å². The van der Waals surface area contributed by atoms with Gasteiger partial charge in [-0.15, -0.1) is 0 Å². The second-order valence-electron chi connectivity index (χ2n) is 6.60. The van der Waals surface area contributed by atoms with E-state index < -0.39 is 0 Å². The van der Waals surface area contributed by atoms with Crippen LogP contribution in [0.4, 0.5) is 0 Å². The minimum atomic E-state index is -0.0321. The molecule has 1 amide bonds. The molecule has 7 nitrogen and oxygen atoms in total. The summed E-state index contributed by atoms with van der Waals surface area (Å²) in [5, 5.41) is 7.37. The van der Waals surface area contributed by atoms with Gasteiger partial charge in [0.05, 0.1) is 13.2 Å². The highest BCUT2D eigenvalue weighted by Crippen LogP contribution is 2.14. The van der Waals surface area contributed by atoms with E-state index in [1.165, 1.54) is 0 Å². The number of likely N-dealkylation sites (N-methyl/N-ethyl adjacent to an activating group) is 1. The van der Waals surface area contributed by atoms with E-state index in [2.05, 4.69) is 20.5 Å². The number of nitrogens with zero attached hydrogens (tertiary/aromatic N) is 3. The lowest BCUT2D eigenvalue weighted by atomic mass is 10.1. The Morgan fingerprint density at radius 2 is 1.93 bits per heavy atom. The second-order valence-corrected chi connectivity index (χ2v) is 7.01. The van der Waals surface area contributed by atoms with E-state index in [1.807, 2.05) is 24.3 Å². The van der Waals surface area contributed by atoms with Gasteiger partial charge < -0.3 is 20.3 Å². The van der Waals surface area contributed by atoms with Gasteiger partial charge in [-0.05, 0) is 18.1 Å². The van der Waals surface area contributed by atoms with Crippen molar-refractivity contribution in [3.05, 3.63) is 34.9 Å². The maximum Gasteiger partial charge on any atom is 0.243 e. The molecule has 0 atom stereocenters. The zero-order valence-corrected chi connectivity index (χ0v) is 17.0. The number of guanidine groups is 1. The van der Waals surface area contributed by atoms with Gasteiger partial charge in [-0.3, -0.25) is 9.69 Å². The van der Waals surface area contributed by atoms with Gasteiger partial charge in [0.2, 0.25) is 5.91 Å². The molecule has 0 bridgehead atoms. The third-order valence-corrected chi connectivity index (χ3v) is 4.71. The van der Waals surface area contributed by atoms with Crippen molar-refractivity contribution in [1.82, 2.24) is 20.4 Å². The van der Waals surface area contributed by atoms with E-state index in [-0.39, 0.29) is 12.5 Å². The van der Waals surface area contributed by atoms with E-state index in [1.54, 1.807) is 19.0 Å². The zero-order chi connectivity index (χ0) is 19.5. The lowest BCUT2D eigenvalue weighted by Gasteiger charge is -2.26. The number of hydrogen-bond acceptors (Lipinski definition) is 4. The van der Waals surface area contributed by atoms with Gasteiger partial charge in [0.25, 0.3) is 0 Å². The van der Waals surface area contributed by atoms with Crippen LogP contribution in [0.15, 0.2) is 29.3 Å². The van der Waals surface area contributed by atoms with Crippen LogP contribution in [0.2, 0.25) is 5.02 Å². The molecular formula is C19H30ClN5O2. The van der Waals surface area contributed by atoms with E-state index in [0.29, 0.717) is 12.5 Å². The number of ether oxygens (including phenoxy) is 1. The maximum absolute atomic E-state index is 11.8. The Bertz CT molecular complexity index is 618. The predicted molar refractivity (Wildman–Crippen MR) is 109 cm³/mol. The molecule has 2 rings (SSSR count). The fraction of sp³-hybridized carbons (Fsp3) is 0.579. The number of aliphatic imine (C=N–C) groups is 1. The Labute approximate surface area is 166 Å². The van der Waals surface area contributed by atoms with Gasteiger partial charge in [-0.1, -0.05) is 29.8 Å². The molecule has 1 aliphatic heterocycles. The molecule has 150 valence electrons. The molecule has 1 aromatic rings. The lowest BCUT2D eigenvalue weighted by Crippen LogP contribution is -2.45. The monoisotopic (exact) mass is 395 g/mol. The van der Waals surface area contributed by atoms with Crippen LogP contribution in [0.25, 0.3) is 0 Å². The largest absolute Gasteiger partial charge is 0.379 e. The van der Waals surface area contributed by atoms with Crippen molar-refractivity contribution in [2.45, 2.75) is 6.42 Å². The molecule has 2 N–H and O–H groups in total. The van der Waals surface area contributed by atoms with E-state index >= 15 is 0 Å². The lowest BCUT2D eigenvalue weighted by molar-refractivity contribution is -0.127. The third-order valence-electron chi connectivity index (χ3n) is 4.34. The summed E-state index contributed by atoms with van der Waals surface area (Å²) in [4.78, 5) is 20.1. The first kappa shape index (κ1) is 21.5. The molecule has 0 unspecified atom stereocenters. The van der Waals surface area contributed by atoms with E-state index in [9.17, 15) is 4.79 Å². The van der Waals surface area contributed by atoms with Gasteiger partial charge in [-0.2, -0.15) is 0 Å². The van der Waals surface area contributed by atoms with Crippen molar-refractivity contribution in [3.63, 3.8) is 0 Å². The SMILES string of the molecule is CN(C)C(=O)CN=C(NCCc1ccccc1Cl)NCCN1CCOCC1. The molecule has 1 saturated heterocycles. The summed E-state index contributed by atoms with van der Waals surface area (Å²) < 4.78 is 5.37. The molecule has 8 heteroatoms. The number of nitrogens with one attached hydrogen (secondary N) is 2. The molecular weight excluding hydrogens is 366 g/mol. The summed E-state index contributed by atoms with van der Waals surface area (Å²) in [7, 11) is 3.46. The highest BCUT2D eigenvalue weighted by molar-refractivity contribution is 6.31. The molecule has 1 aliphatic rings. The van der Waals surface area contributed by atoms with E-state index in [4.69, 9.17) is 16.3 Å². The molecule has 27 heavy (non-hydrogen) atoms. The first-order valence-corrected chi connectivity index (χ1v) is 9.70. The smallest absolute Gasteiger partial charge is 0.243 e. The van der Waals surface area contributed by atoms with Gasteiger partial charge >= 0.3 is 0 Å². The van der Waals surface area contributed by atoms with Crippen molar-refractivity contribution in [2.75, 3.05) is 66.6 Å². The molecule has 0 aromatic heterocycles. The van der Waals surface area contributed by atoms with Crippen molar-refractivity contribution in [1.29, 1.82) is 0 Å². The number of carbonyl (C=O) groups is 1. The quantitative estimate of drug-likeness (QED) is 0.504. The Balaban J connectivity index is 1.83. The van der Waals surface area contributed by atoms with Crippen LogP contribution in [0.3, 0.4) is 0 Å². The number of halogens is 1. The Morgan fingerprint density at radius 1 is 1.22 bits per heavy atom. The highest BCUT2D eigenvalue weighted by Gasteiger charge is 2.10. The van der Waals surface area contributed by atoms with Gasteiger partial charge in [0.15, 0.2) is 5.96 Å². The number of hydrogen-bond donors (Lipinski definition) is 2. The molecule has 1 aromatic carbocycles. The Kier molecular flexibility index (Phi) is 9.38. The van der Waals surface area contributed by atoms with Gasteiger partial charge in [-0.25, -0.2) is 4.99 Å². The number of benzene rings is 1. The average Bonchev–Trinajstić information content (AvgIpc) is 2.67. The van der Waals surface area contributed by atoms with Crippen LogP contribution >= 0.6 is 11.6 Å². The number of carbonyl (C=O) groups excluding carboxylic acids is 1. The standard InChI is InChI=1S/C19H30ClN5O2/c1-24(2)18(26)15-23-19(22-9-10-25-11-13-27-14-12-25)21-8-7-16-5-3-4-6-17(16)20/h3-6H,7-15H2,1-2H3,(H2,21,22,23). The van der Waals surface area contributed by atoms with Crippen molar-refractivity contribution in [3.8, 4) is 0 Å². The minimum Gasteiger partial charge on any atom is -0.379 e. The molecule has 0 saturated carbocycles. The molecule has 1 heterocycles. The normalized spacial score (nSPS) is 15.4. The maximum atomic E-state index is 11.8. The summed E-state index contributed by atoms with van der Waals surface area (Å²) in [6, 6.07) is 7.81. The van der Waals surface area contributed by atoms with Gasteiger partial charge in [0.1, 0.15) is 6.54 Å². The minimum absolute atomic E-state index is 0.0321. The first-order chi connectivity index (χ1) is 13.1. The zero-order valence-electron chi connectivity index (χ0n) is 16.2. The van der Waals surface area contributed by atoms with Crippen LogP contribution in [-0.4, -0.2) is 88.2 Å². The average molecular weight is 396 g/mol. The predicted octanol–water partition coefficient (Wildman–Crippen LogP) is 0.838. The first-order valence-electron chi connectivity index (χ1n) is 9.32. The van der Waals surface area contributed by atoms with E-state index in [0.717, 1.165) is 56.4 Å². The van der Waals surface area contributed by atoms with Crippen LogP contribution in [-0.2, 0) is 16.0 Å². The number of rotatable bonds is 8. The van der Waals surface area contributed by atoms with Crippen LogP contribution < -0.4 is 10.6 Å². The fourth-order valence-corrected chi connectivity index (χ4v) is 2.87. The highest BCUT2D eigenvalue weighted by atomic mass is 35.5. The fourth-order valence-electron chi connectivity index (χ4n) is 2.64. The Hall–Kier alpha value is -1.83. The number of amides is 1. The molecule has 0 radical (unpaired) electrons. The summed E-state index contributed by atoms with van der Waals surface area (Å²) in [5.74, 6) is 0.612. The van der Waals surface area contributed by atoms with Crippen molar-refractivity contribution in [2.24, 2.45) is 4.99 Å². The molecule has 0 spiro atoms. The topological polar surface area (TPSA) is 69.2 Å². The van der Waals surface area contributed by atoms with Gasteiger partial charge in [0, 0.05) is 51.8 Å².